The molecule has 1 saturated heterocycles. The van der Waals surface area contributed by atoms with E-state index in [1.165, 1.54) is 35.7 Å². The fraction of sp³-hybridized carbons (Fsp3) is 0.353. The smallest absolute Gasteiger partial charge is 0.243 e. The number of hydrogen-bond acceptors (Lipinski definition) is 5. The third kappa shape index (κ3) is 3.94. The van der Waals surface area contributed by atoms with Crippen LogP contribution in [0.3, 0.4) is 0 Å². The number of hydrogen-bond donors (Lipinski definition) is 0. The predicted molar refractivity (Wildman–Crippen MR) is 89.6 cm³/mol. The Labute approximate surface area is 150 Å². The summed E-state index contributed by atoms with van der Waals surface area (Å²) in [6.07, 6.45) is 0.593. The molecule has 0 bridgehead atoms. The second-order valence-electron chi connectivity index (χ2n) is 5.82. The summed E-state index contributed by atoms with van der Waals surface area (Å²) in [7, 11) is -2.50. The normalized spacial score (nSPS) is 16.4. The molecule has 0 saturated carbocycles. The zero-order valence-electron chi connectivity index (χ0n) is 14.1. The Morgan fingerprint density at radius 2 is 1.88 bits per heavy atom. The van der Waals surface area contributed by atoms with Crippen LogP contribution in [-0.4, -0.2) is 44.0 Å². The van der Waals surface area contributed by atoms with Crippen molar-refractivity contribution in [1.82, 2.24) is 9.29 Å². The van der Waals surface area contributed by atoms with E-state index in [9.17, 15) is 17.2 Å². The van der Waals surface area contributed by atoms with E-state index in [0.717, 1.165) is 6.07 Å². The first-order chi connectivity index (χ1) is 12.4. The van der Waals surface area contributed by atoms with E-state index < -0.39 is 21.8 Å². The van der Waals surface area contributed by atoms with Gasteiger partial charge in [-0.05, 0) is 37.1 Å². The minimum absolute atomic E-state index is 0.0151. The van der Waals surface area contributed by atoms with Gasteiger partial charge >= 0.3 is 0 Å². The average Bonchev–Trinajstić information content (AvgIpc) is 2.62. The maximum atomic E-state index is 13.8. The van der Waals surface area contributed by atoms with Crippen LogP contribution in [0.25, 0.3) is 0 Å². The van der Waals surface area contributed by atoms with E-state index in [1.807, 2.05) is 0 Å². The van der Waals surface area contributed by atoms with Gasteiger partial charge in [0.1, 0.15) is 6.10 Å². The number of nitrogens with zero attached hydrogens (tertiary/aromatic N) is 2. The van der Waals surface area contributed by atoms with Gasteiger partial charge in [-0.1, -0.05) is 6.07 Å². The number of benzene rings is 1. The average molecular weight is 384 g/mol. The van der Waals surface area contributed by atoms with Crippen molar-refractivity contribution in [3.8, 4) is 11.6 Å². The molecule has 1 fully saturated rings. The van der Waals surface area contributed by atoms with Crippen LogP contribution in [0.1, 0.15) is 12.8 Å². The van der Waals surface area contributed by atoms with Crippen LogP contribution < -0.4 is 9.47 Å². The van der Waals surface area contributed by atoms with Gasteiger partial charge in [-0.2, -0.15) is 13.7 Å². The van der Waals surface area contributed by atoms with Crippen molar-refractivity contribution < 1.29 is 26.7 Å². The second-order valence-corrected chi connectivity index (χ2v) is 7.75. The molecule has 3 rings (SSSR count). The Morgan fingerprint density at radius 3 is 2.50 bits per heavy atom. The van der Waals surface area contributed by atoms with E-state index in [2.05, 4.69) is 4.98 Å². The molecule has 0 aliphatic carbocycles. The summed E-state index contributed by atoms with van der Waals surface area (Å²) in [5, 5.41) is 0. The first kappa shape index (κ1) is 18.5. The molecule has 140 valence electrons. The summed E-state index contributed by atoms with van der Waals surface area (Å²) >= 11 is 0. The second kappa shape index (κ2) is 7.55. The minimum atomic E-state index is -3.81. The number of sulfonamides is 1. The summed E-state index contributed by atoms with van der Waals surface area (Å²) in [4.78, 5) is 3.51. The molecular weight excluding hydrogens is 366 g/mol. The van der Waals surface area contributed by atoms with Gasteiger partial charge in [0.2, 0.25) is 21.9 Å². The van der Waals surface area contributed by atoms with Gasteiger partial charge in [0.05, 0.1) is 12.0 Å². The highest BCUT2D eigenvalue weighted by Crippen LogP contribution is 2.26. The summed E-state index contributed by atoms with van der Waals surface area (Å²) in [6, 6.07) is 7.81. The monoisotopic (exact) mass is 384 g/mol. The van der Waals surface area contributed by atoms with E-state index >= 15 is 0 Å². The molecule has 1 aliphatic rings. The molecule has 9 heteroatoms. The number of methoxy groups -OCH3 is 1. The molecule has 26 heavy (non-hydrogen) atoms. The van der Waals surface area contributed by atoms with E-state index in [4.69, 9.17) is 9.47 Å². The molecule has 0 N–H and O–H groups in total. The number of halogens is 2. The van der Waals surface area contributed by atoms with Crippen molar-refractivity contribution in [2.45, 2.75) is 23.8 Å². The van der Waals surface area contributed by atoms with Gasteiger partial charge in [-0.25, -0.2) is 12.8 Å². The SMILES string of the molecule is COc1ccc(S(=O)(=O)N2CCC(Oc3cccc(F)n3)CC2)cc1F. The maximum Gasteiger partial charge on any atom is 0.243 e. The van der Waals surface area contributed by atoms with Crippen molar-refractivity contribution >= 4 is 10.0 Å². The molecule has 2 heterocycles. The summed E-state index contributed by atoms with van der Waals surface area (Å²) < 4.78 is 63.9. The van der Waals surface area contributed by atoms with Crippen LogP contribution in [0.15, 0.2) is 41.3 Å². The van der Waals surface area contributed by atoms with Crippen LogP contribution in [-0.2, 0) is 10.0 Å². The lowest BCUT2D eigenvalue weighted by Crippen LogP contribution is -2.41. The molecule has 0 amide bonds. The first-order valence-corrected chi connectivity index (χ1v) is 9.47. The summed E-state index contributed by atoms with van der Waals surface area (Å²) in [6.45, 7) is 0.436. The van der Waals surface area contributed by atoms with Gasteiger partial charge in [0.15, 0.2) is 11.6 Å². The molecule has 2 aromatic rings. The number of piperidine rings is 1. The van der Waals surface area contributed by atoms with Gasteiger partial charge in [-0.15, -0.1) is 0 Å². The fourth-order valence-electron chi connectivity index (χ4n) is 2.77. The van der Waals surface area contributed by atoms with E-state index in [1.54, 1.807) is 6.07 Å². The van der Waals surface area contributed by atoms with E-state index in [-0.39, 0.29) is 35.7 Å². The Bertz CT molecular complexity index is 884. The Morgan fingerprint density at radius 1 is 1.15 bits per heavy atom. The Balaban J connectivity index is 1.66. The maximum absolute atomic E-state index is 13.8. The third-order valence-corrected chi connectivity index (χ3v) is 6.03. The lowest BCUT2D eigenvalue weighted by molar-refractivity contribution is 0.128. The molecule has 1 aromatic carbocycles. The topological polar surface area (TPSA) is 68.7 Å². The number of rotatable bonds is 5. The lowest BCUT2D eigenvalue weighted by atomic mass is 10.1. The molecule has 0 spiro atoms. The fourth-order valence-corrected chi connectivity index (χ4v) is 4.26. The molecule has 0 radical (unpaired) electrons. The standard InChI is InChI=1S/C17H18F2N2O4S/c1-24-15-6-5-13(11-14(15)18)26(22,23)21-9-7-12(8-10-21)25-17-4-2-3-16(19)20-17/h2-6,11-12H,7-10H2,1H3. The van der Waals surface area contributed by atoms with Crippen LogP contribution in [0.5, 0.6) is 11.6 Å². The van der Waals surface area contributed by atoms with Gasteiger partial charge in [0, 0.05) is 19.2 Å². The van der Waals surface area contributed by atoms with Crippen molar-refractivity contribution in [2.24, 2.45) is 0 Å². The van der Waals surface area contributed by atoms with Gasteiger partial charge in [0.25, 0.3) is 0 Å². The van der Waals surface area contributed by atoms with Crippen LogP contribution in [0, 0.1) is 11.8 Å². The van der Waals surface area contributed by atoms with Crippen molar-refractivity contribution in [3.05, 3.63) is 48.2 Å². The lowest BCUT2D eigenvalue weighted by Gasteiger charge is -2.31. The molecule has 1 aromatic heterocycles. The first-order valence-electron chi connectivity index (χ1n) is 8.03. The largest absolute Gasteiger partial charge is 0.494 e. The highest BCUT2D eigenvalue weighted by atomic mass is 32.2. The highest BCUT2D eigenvalue weighted by molar-refractivity contribution is 7.89. The third-order valence-electron chi connectivity index (χ3n) is 4.14. The molecule has 0 unspecified atom stereocenters. The van der Waals surface area contributed by atoms with E-state index in [0.29, 0.717) is 12.8 Å². The number of pyridine rings is 1. The summed E-state index contributed by atoms with van der Waals surface area (Å²) in [5.74, 6) is -1.21. The molecular formula is C17H18F2N2O4S. The Hall–Kier alpha value is -2.26. The zero-order valence-corrected chi connectivity index (χ0v) is 14.9. The Kier molecular flexibility index (Phi) is 5.38. The predicted octanol–water partition coefficient (Wildman–Crippen LogP) is 2.60. The van der Waals surface area contributed by atoms with Crippen molar-refractivity contribution in [3.63, 3.8) is 0 Å². The van der Waals surface area contributed by atoms with Gasteiger partial charge < -0.3 is 9.47 Å². The van der Waals surface area contributed by atoms with Gasteiger partial charge in [-0.3, -0.25) is 0 Å². The van der Waals surface area contributed by atoms with Crippen molar-refractivity contribution in [2.75, 3.05) is 20.2 Å². The minimum Gasteiger partial charge on any atom is -0.494 e. The highest BCUT2D eigenvalue weighted by Gasteiger charge is 2.31. The summed E-state index contributed by atoms with van der Waals surface area (Å²) in [5.41, 5.74) is 0. The number of aromatic nitrogens is 1. The van der Waals surface area contributed by atoms with Crippen LogP contribution in [0.4, 0.5) is 8.78 Å². The van der Waals surface area contributed by atoms with Crippen molar-refractivity contribution in [1.29, 1.82) is 0 Å². The zero-order chi connectivity index (χ0) is 18.7. The molecule has 6 nitrogen and oxygen atoms in total. The molecule has 1 aliphatic heterocycles. The number of ether oxygens (including phenoxy) is 2. The van der Waals surface area contributed by atoms with Crippen LogP contribution >= 0.6 is 0 Å². The van der Waals surface area contributed by atoms with Crippen LogP contribution in [0.2, 0.25) is 0 Å². The quantitative estimate of drug-likeness (QED) is 0.742. The molecule has 0 atom stereocenters.